The zero-order chi connectivity index (χ0) is 13.1. The summed E-state index contributed by atoms with van der Waals surface area (Å²) in [5, 5.41) is 13.0. The van der Waals surface area contributed by atoms with Crippen LogP contribution in [0.1, 0.15) is 40.5 Å². The summed E-state index contributed by atoms with van der Waals surface area (Å²) in [5.41, 5.74) is -0.543. The maximum Gasteiger partial charge on any atom is 0.234 e. The Hall–Kier alpha value is -0.610. The summed E-state index contributed by atoms with van der Waals surface area (Å²) < 4.78 is 0. The summed E-state index contributed by atoms with van der Waals surface area (Å²) in [5.74, 6) is 0.511. The SMILES string of the molecule is CCCC1(O)CN(CC(=O)NC(C)C(C)C)C1. The van der Waals surface area contributed by atoms with Gasteiger partial charge in [0.2, 0.25) is 5.91 Å². The lowest BCUT2D eigenvalue weighted by Gasteiger charge is -2.46. The van der Waals surface area contributed by atoms with Gasteiger partial charge >= 0.3 is 0 Å². The van der Waals surface area contributed by atoms with E-state index < -0.39 is 5.60 Å². The van der Waals surface area contributed by atoms with Gasteiger partial charge < -0.3 is 10.4 Å². The van der Waals surface area contributed by atoms with Crippen molar-refractivity contribution in [2.75, 3.05) is 19.6 Å². The molecule has 1 aliphatic rings. The van der Waals surface area contributed by atoms with Crippen LogP contribution in [0.3, 0.4) is 0 Å². The van der Waals surface area contributed by atoms with E-state index in [1.165, 1.54) is 0 Å². The van der Waals surface area contributed by atoms with Crippen LogP contribution in [0.25, 0.3) is 0 Å². The first kappa shape index (κ1) is 14.5. The Kier molecular flexibility index (Phi) is 4.95. The van der Waals surface area contributed by atoms with Crippen molar-refractivity contribution in [3.63, 3.8) is 0 Å². The summed E-state index contributed by atoms with van der Waals surface area (Å²) in [6.45, 7) is 9.94. The third-order valence-electron chi connectivity index (χ3n) is 3.51. The van der Waals surface area contributed by atoms with Gasteiger partial charge in [-0.1, -0.05) is 27.2 Å². The lowest BCUT2D eigenvalue weighted by molar-refractivity contribution is -0.134. The minimum atomic E-state index is -0.543. The molecule has 0 radical (unpaired) electrons. The maximum atomic E-state index is 11.7. The van der Waals surface area contributed by atoms with E-state index in [2.05, 4.69) is 26.1 Å². The van der Waals surface area contributed by atoms with Crippen LogP contribution in [0.5, 0.6) is 0 Å². The first-order valence-electron chi connectivity index (χ1n) is 6.60. The molecule has 0 spiro atoms. The summed E-state index contributed by atoms with van der Waals surface area (Å²) >= 11 is 0. The van der Waals surface area contributed by atoms with E-state index in [0.29, 0.717) is 25.6 Å². The number of hydrogen-bond donors (Lipinski definition) is 2. The average molecular weight is 242 g/mol. The van der Waals surface area contributed by atoms with Crippen LogP contribution in [-0.4, -0.2) is 47.2 Å². The third-order valence-corrected chi connectivity index (χ3v) is 3.51. The zero-order valence-electron chi connectivity index (χ0n) is 11.5. The molecule has 1 amide bonds. The van der Waals surface area contributed by atoms with Gasteiger partial charge in [0.1, 0.15) is 0 Å². The Morgan fingerprint density at radius 1 is 1.41 bits per heavy atom. The summed E-state index contributed by atoms with van der Waals surface area (Å²) in [6, 6.07) is 0.207. The Balaban J connectivity index is 2.22. The quantitative estimate of drug-likeness (QED) is 0.730. The number of nitrogens with zero attached hydrogens (tertiary/aromatic N) is 1. The highest BCUT2D eigenvalue weighted by molar-refractivity contribution is 5.78. The van der Waals surface area contributed by atoms with E-state index in [1.807, 2.05) is 11.8 Å². The van der Waals surface area contributed by atoms with Crippen molar-refractivity contribution in [2.45, 2.75) is 52.2 Å². The van der Waals surface area contributed by atoms with Crippen molar-refractivity contribution in [2.24, 2.45) is 5.92 Å². The van der Waals surface area contributed by atoms with Gasteiger partial charge in [-0.25, -0.2) is 0 Å². The van der Waals surface area contributed by atoms with E-state index in [9.17, 15) is 9.90 Å². The van der Waals surface area contributed by atoms with Crippen LogP contribution in [0.15, 0.2) is 0 Å². The molecule has 0 saturated carbocycles. The molecule has 1 fully saturated rings. The Morgan fingerprint density at radius 2 is 2.00 bits per heavy atom. The predicted octanol–water partition coefficient (Wildman–Crippen LogP) is 0.994. The van der Waals surface area contributed by atoms with Gasteiger partial charge in [-0.2, -0.15) is 0 Å². The van der Waals surface area contributed by atoms with Gasteiger partial charge in [0, 0.05) is 19.1 Å². The van der Waals surface area contributed by atoms with E-state index >= 15 is 0 Å². The average Bonchev–Trinajstić information content (AvgIpc) is 2.15. The second-order valence-corrected chi connectivity index (χ2v) is 5.72. The molecule has 1 unspecified atom stereocenters. The number of hydrogen-bond acceptors (Lipinski definition) is 3. The predicted molar refractivity (Wildman–Crippen MR) is 68.7 cm³/mol. The fourth-order valence-electron chi connectivity index (χ4n) is 2.19. The van der Waals surface area contributed by atoms with Crippen LogP contribution < -0.4 is 5.32 Å². The Labute approximate surface area is 104 Å². The fourth-order valence-corrected chi connectivity index (χ4v) is 2.19. The van der Waals surface area contributed by atoms with Crippen molar-refractivity contribution in [3.05, 3.63) is 0 Å². The second kappa shape index (κ2) is 5.83. The van der Waals surface area contributed by atoms with Crippen molar-refractivity contribution >= 4 is 5.91 Å². The number of carbonyl (C=O) groups excluding carboxylic acids is 1. The smallest absolute Gasteiger partial charge is 0.234 e. The number of aliphatic hydroxyl groups is 1. The molecule has 1 saturated heterocycles. The third kappa shape index (κ3) is 4.28. The molecule has 4 heteroatoms. The number of likely N-dealkylation sites (tertiary alicyclic amines) is 1. The molecule has 0 aromatic rings. The molecule has 0 aliphatic carbocycles. The largest absolute Gasteiger partial charge is 0.387 e. The number of nitrogens with one attached hydrogen (secondary N) is 1. The first-order chi connectivity index (χ1) is 7.86. The molecule has 1 aliphatic heterocycles. The van der Waals surface area contributed by atoms with Crippen molar-refractivity contribution < 1.29 is 9.90 Å². The normalized spacial score (nSPS) is 21.1. The molecular weight excluding hydrogens is 216 g/mol. The highest BCUT2D eigenvalue weighted by Crippen LogP contribution is 2.25. The molecular formula is C13H26N2O2. The summed E-state index contributed by atoms with van der Waals surface area (Å²) in [7, 11) is 0. The molecule has 100 valence electrons. The molecule has 4 nitrogen and oxygen atoms in total. The van der Waals surface area contributed by atoms with Crippen molar-refractivity contribution in [1.29, 1.82) is 0 Å². The lowest BCUT2D eigenvalue weighted by atomic mass is 9.89. The molecule has 2 N–H and O–H groups in total. The number of β-amino-alcohol motifs (C(OH)–C–C–N with tert-alkyl or cyclic N) is 1. The number of carbonyl (C=O) groups is 1. The van der Waals surface area contributed by atoms with Gasteiger partial charge in [-0.3, -0.25) is 9.69 Å². The van der Waals surface area contributed by atoms with Crippen LogP contribution >= 0.6 is 0 Å². The zero-order valence-corrected chi connectivity index (χ0v) is 11.5. The van der Waals surface area contributed by atoms with Gasteiger partial charge in [0.05, 0.1) is 12.1 Å². The van der Waals surface area contributed by atoms with Gasteiger partial charge in [0.15, 0.2) is 0 Å². The summed E-state index contributed by atoms with van der Waals surface area (Å²) in [6.07, 6.45) is 1.81. The minimum Gasteiger partial charge on any atom is -0.387 e. The van der Waals surface area contributed by atoms with Crippen LogP contribution in [-0.2, 0) is 4.79 Å². The van der Waals surface area contributed by atoms with Gasteiger partial charge in [-0.15, -0.1) is 0 Å². The van der Waals surface area contributed by atoms with Gasteiger partial charge in [0.25, 0.3) is 0 Å². The van der Waals surface area contributed by atoms with Crippen molar-refractivity contribution in [3.8, 4) is 0 Å². The fraction of sp³-hybridized carbons (Fsp3) is 0.923. The molecule has 0 aromatic heterocycles. The van der Waals surface area contributed by atoms with E-state index in [0.717, 1.165) is 12.8 Å². The minimum absolute atomic E-state index is 0.0600. The summed E-state index contributed by atoms with van der Waals surface area (Å²) in [4.78, 5) is 13.7. The van der Waals surface area contributed by atoms with Crippen molar-refractivity contribution in [1.82, 2.24) is 10.2 Å². The standard InChI is InChI=1S/C13H26N2O2/c1-5-6-13(17)8-15(9-13)7-12(16)14-11(4)10(2)3/h10-11,17H,5-9H2,1-4H3,(H,14,16). The van der Waals surface area contributed by atoms with E-state index in [1.54, 1.807) is 0 Å². The maximum absolute atomic E-state index is 11.7. The van der Waals surface area contributed by atoms with Crippen LogP contribution in [0.2, 0.25) is 0 Å². The van der Waals surface area contributed by atoms with E-state index in [4.69, 9.17) is 0 Å². The lowest BCUT2D eigenvalue weighted by Crippen LogP contribution is -2.63. The number of amides is 1. The van der Waals surface area contributed by atoms with Gasteiger partial charge in [-0.05, 0) is 19.3 Å². The molecule has 1 heterocycles. The Bertz CT molecular complexity index is 260. The molecule has 0 aromatic carbocycles. The second-order valence-electron chi connectivity index (χ2n) is 5.72. The molecule has 17 heavy (non-hydrogen) atoms. The van der Waals surface area contributed by atoms with Crippen LogP contribution in [0.4, 0.5) is 0 Å². The topological polar surface area (TPSA) is 52.6 Å². The monoisotopic (exact) mass is 242 g/mol. The highest BCUT2D eigenvalue weighted by Gasteiger charge is 2.40. The molecule has 1 rings (SSSR count). The van der Waals surface area contributed by atoms with Crippen LogP contribution in [0, 0.1) is 5.92 Å². The highest BCUT2D eigenvalue weighted by atomic mass is 16.3. The van der Waals surface area contributed by atoms with E-state index in [-0.39, 0.29) is 11.9 Å². The first-order valence-corrected chi connectivity index (χ1v) is 6.60. The Morgan fingerprint density at radius 3 is 2.47 bits per heavy atom. The molecule has 0 bridgehead atoms. The molecule has 1 atom stereocenters. The number of rotatable bonds is 6.